The number of benzene rings is 1. The van der Waals surface area contributed by atoms with E-state index in [1.54, 1.807) is 0 Å². The van der Waals surface area contributed by atoms with Crippen LogP contribution >= 0.6 is 0 Å². The molecule has 1 fully saturated rings. The summed E-state index contributed by atoms with van der Waals surface area (Å²) in [5, 5.41) is 4.04. The minimum absolute atomic E-state index is 0.126. The molecule has 0 radical (unpaired) electrons. The molecule has 24 heavy (non-hydrogen) atoms. The summed E-state index contributed by atoms with van der Waals surface area (Å²) in [5.74, 6) is 1.35. The Labute approximate surface area is 141 Å². The normalized spacial score (nSPS) is 16.4. The van der Waals surface area contributed by atoms with Gasteiger partial charge in [-0.05, 0) is 13.8 Å². The molecule has 1 aliphatic rings. The topological polar surface area (TPSA) is 62.5 Å². The minimum Gasteiger partial charge on any atom is -0.338 e. The summed E-state index contributed by atoms with van der Waals surface area (Å²) in [4.78, 5) is 20.7. The fourth-order valence-corrected chi connectivity index (χ4v) is 2.70. The van der Waals surface area contributed by atoms with Gasteiger partial charge in [-0.2, -0.15) is 4.98 Å². The highest BCUT2D eigenvalue weighted by Crippen LogP contribution is 2.16. The Morgan fingerprint density at radius 1 is 1.21 bits per heavy atom. The van der Waals surface area contributed by atoms with Crippen LogP contribution in [0.5, 0.6) is 0 Å². The molecule has 1 aromatic heterocycles. The van der Waals surface area contributed by atoms with Crippen molar-refractivity contribution in [1.82, 2.24) is 19.9 Å². The summed E-state index contributed by atoms with van der Waals surface area (Å²) in [6, 6.07) is 9.79. The maximum Gasteiger partial charge on any atom is 0.249 e. The molecule has 1 aliphatic heterocycles. The molecule has 0 aliphatic carbocycles. The third-order valence-corrected chi connectivity index (χ3v) is 4.29. The van der Waals surface area contributed by atoms with Crippen LogP contribution in [0, 0.1) is 0 Å². The van der Waals surface area contributed by atoms with Gasteiger partial charge in [-0.25, -0.2) is 0 Å². The molecule has 1 amide bonds. The van der Waals surface area contributed by atoms with Gasteiger partial charge in [0.1, 0.15) is 0 Å². The van der Waals surface area contributed by atoms with E-state index in [2.05, 4.69) is 15.0 Å². The first kappa shape index (κ1) is 16.4. The van der Waals surface area contributed by atoms with Crippen LogP contribution in [0.1, 0.15) is 19.7 Å². The van der Waals surface area contributed by atoms with Crippen LogP contribution in [-0.2, 0) is 11.3 Å². The summed E-state index contributed by atoms with van der Waals surface area (Å²) < 4.78 is 5.36. The molecule has 0 spiro atoms. The van der Waals surface area contributed by atoms with Crippen molar-refractivity contribution in [1.29, 1.82) is 0 Å². The van der Waals surface area contributed by atoms with E-state index in [4.69, 9.17) is 4.52 Å². The van der Waals surface area contributed by atoms with E-state index in [1.807, 2.05) is 55.2 Å². The van der Waals surface area contributed by atoms with Gasteiger partial charge in [-0.1, -0.05) is 41.6 Å². The van der Waals surface area contributed by atoms with Crippen molar-refractivity contribution >= 4 is 5.91 Å². The first-order valence-electron chi connectivity index (χ1n) is 8.20. The molecule has 0 saturated carbocycles. The number of nitrogens with zero attached hydrogens (tertiary/aromatic N) is 4. The van der Waals surface area contributed by atoms with E-state index < -0.39 is 0 Å². The van der Waals surface area contributed by atoms with Gasteiger partial charge in [0.2, 0.25) is 17.6 Å². The van der Waals surface area contributed by atoms with E-state index in [-0.39, 0.29) is 5.91 Å². The average molecular weight is 326 g/mol. The number of allylic oxidation sites excluding steroid dienone is 1. The molecule has 6 nitrogen and oxygen atoms in total. The number of piperazine rings is 1. The third kappa shape index (κ3) is 3.71. The Balaban J connectivity index is 1.55. The lowest BCUT2D eigenvalue weighted by atomic mass is 10.2. The summed E-state index contributed by atoms with van der Waals surface area (Å²) in [7, 11) is 0. The van der Waals surface area contributed by atoms with Crippen LogP contribution < -0.4 is 0 Å². The quantitative estimate of drug-likeness (QED) is 0.807. The fraction of sp³-hybridized carbons (Fsp3) is 0.389. The van der Waals surface area contributed by atoms with Crippen molar-refractivity contribution in [2.24, 2.45) is 0 Å². The second-order valence-electron chi connectivity index (χ2n) is 5.92. The smallest absolute Gasteiger partial charge is 0.249 e. The number of rotatable bonds is 4. The summed E-state index contributed by atoms with van der Waals surface area (Å²) in [6.45, 7) is 7.44. The van der Waals surface area contributed by atoms with Gasteiger partial charge < -0.3 is 9.42 Å². The van der Waals surface area contributed by atoms with Crippen molar-refractivity contribution in [3.05, 3.63) is 47.9 Å². The van der Waals surface area contributed by atoms with Gasteiger partial charge in [0.25, 0.3) is 0 Å². The van der Waals surface area contributed by atoms with Crippen molar-refractivity contribution in [3.63, 3.8) is 0 Å². The SMILES string of the molecule is CC=C(C)C(=O)N1CCN(Cc2nc(-c3ccccc3)no2)CC1. The highest BCUT2D eigenvalue weighted by Gasteiger charge is 2.23. The van der Waals surface area contributed by atoms with Crippen molar-refractivity contribution < 1.29 is 9.32 Å². The molecule has 2 heterocycles. The number of hydrogen-bond donors (Lipinski definition) is 0. The first-order valence-corrected chi connectivity index (χ1v) is 8.20. The van der Waals surface area contributed by atoms with Gasteiger partial charge >= 0.3 is 0 Å². The molecule has 2 aromatic rings. The van der Waals surface area contributed by atoms with Crippen molar-refractivity contribution in [3.8, 4) is 11.4 Å². The maximum absolute atomic E-state index is 12.2. The molecule has 0 N–H and O–H groups in total. The van der Waals surface area contributed by atoms with Crippen LogP contribution in [-0.4, -0.2) is 52.0 Å². The molecule has 1 saturated heterocycles. The average Bonchev–Trinajstić information content (AvgIpc) is 3.10. The molecular formula is C18H22N4O2. The van der Waals surface area contributed by atoms with Gasteiger partial charge in [-0.15, -0.1) is 0 Å². The zero-order chi connectivity index (χ0) is 16.9. The van der Waals surface area contributed by atoms with Crippen LogP contribution in [0.15, 0.2) is 46.5 Å². The molecule has 0 bridgehead atoms. The zero-order valence-electron chi connectivity index (χ0n) is 14.1. The standard InChI is InChI=1S/C18H22N4O2/c1-3-14(2)18(23)22-11-9-21(10-12-22)13-16-19-17(20-24-16)15-7-5-4-6-8-15/h3-8H,9-13H2,1-2H3. The van der Waals surface area contributed by atoms with Gasteiger partial charge in [0, 0.05) is 37.3 Å². The number of carbonyl (C=O) groups is 1. The predicted octanol–water partition coefficient (Wildman–Crippen LogP) is 2.35. The molecule has 0 unspecified atom stereocenters. The second kappa shape index (κ2) is 7.40. The lowest BCUT2D eigenvalue weighted by Crippen LogP contribution is -2.48. The predicted molar refractivity (Wildman–Crippen MR) is 91.0 cm³/mol. The lowest BCUT2D eigenvalue weighted by Gasteiger charge is -2.34. The summed E-state index contributed by atoms with van der Waals surface area (Å²) >= 11 is 0. The third-order valence-electron chi connectivity index (χ3n) is 4.29. The number of aromatic nitrogens is 2. The lowest BCUT2D eigenvalue weighted by molar-refractivity contribution is -0.128. The van der Waals surface area contributed by atoms with Gasteiger partial charge in [0.15, 0.2) is 0 Å². The van der Waals surface area contributed by atoms with E-state index in [1.165, 1.54) is 0 Å². The summed E-state index contributed by atoms with van der Waals surface area (Å²) in [6.07, 6.45) is 1.86. The van der Waals surface area contributed by atoms with Gasteiger partial charge in [0.05, 0.1) is 6.54 Å². The molecule has 3 rings (SSSR count). The Morgan fingerprint density at radius 3 is 2.58 bits per heavy atom. The Hall–Kier alpha value is -2.47. The van der Waals surface area contributed by atoms with Crippen molar-refractivity contribution in [2.75, 3.05) is 26.2 Å². The van der Waals surface area contributed by atoms with Gasteiger partial charge in [-0.3, -0.25) is 9.69 Å². The van der Waals surface area contributed by atoms with Crippen molar-refractivity contribution in [2.45, 2.75) is 20.4 Å². The summed E-state index contributed by atoms with van der Waals surface area (Å²) in [5.41, 5.74) is 1.75. The van der Waals surface area contributed by atoms with E-state index in [9.17, 15) is 4.79 Å². The van der Waals surface area contributed by atoms with Crippen LogP contribution in [0.25, 0.3) is 11.4 Å². The van der Waals surface area contributed by atoms with E-state index in [0.29, 0.717) is 18.3 Å². The molecular weight excluding hydrogens is 304 g/mol. The monoisotopic (exact) mass is 326 g/mol. The molecule has 126 valence electrons. The fourth-order valence-electron chi connectivity index (χ4n) is 2.70. The molecule has 1 aromatic carbocycles. The number of carbonyl (C=O) groups excluding carboxylic acids is 1. The minimum atomic E-state index is 0.126. The van der Waals surface area contributed by atoms with Crippen LogP contribution in [0.4, 0.5) is 0 Å². The Kier molecular flexibility index (Phi) is 5.05. The number of hydrogen-bond acceptors (Lipinski definition) is 5. The Morgan fingerprint density at radius 2 is 1.92 bits per heavy atom. The highest BCUT2D eigenvalue weighted by atomic mass is 16.5. The highest BCUT2D eigenvalue weighted by molar-refractivity contribution is 5.92. The molecule has 6 heteroatoms. The van der Waals surface area contributed by atoms with E-state index >= 15 is 0 Å². The number of amides is 1. The Bertz CT molecular complexity index is 716. The second-order valence-corrected chi connectivity index (χ2v) is 5.92. The maximum atomic E-state index is 12.2. The van der Waals surface area contributed by atoms with Crippen LogP contribution in [0.3, 0.4) is 0 Å². The van der Waals surface area contributed by atoms with Crippen LogP contribution in [0.2, 0.25) is 0 Å². The zero-order valence-corrected chi connectivity index (χ0v) is 14.1. The molecule has 0 atom stereocenters. The first-order chi connectivity index (χ1) is 11.7. The largest absolute Gasteiger partial charge is 0.338 e. The van der Waals surface area contributed by atoms with E-state index in [0.717, 1.165) is 37.3 Å².